The lowest BCUT2D eigenvalue weighted by atomic mass is 10.1. The number of fused-ring (bicyclic) bond motifs is 1. The van der Waals surface area contributed by atoms with Crippen LogP contribution in [0.3, 0.4) is 0 Å². The first-order valence-corrected chi connectivity index (χ1v) is 6.68. The van der Waals surface area contributed by atoms with Crippen molar-refractivity contribution >= 4 is 11.0 Å². The SMILES string of the molecule is COc1cccc2oc(-c3ccc(C(F)(F)F)cc3)cc(=O)c12. The van der Waals surface area contributed by atoms with Gasteiger partial charge in [0.2, 0.25) is 0 Å². The maximum absolute atomic E-state index is 12.6. The van der Waals surface area contributed by atoms with E-state index in [-0.39, 0.29) is 11.2 Å². The maximum Gasteiger partial charge on any atom is 0.416 e. The number of hydrogen-bond acceptors (Lipinski definition) is 3. The summed E-state index contributed by atoms with van der Waals surface area (Å²) >= 11 is 0. The number of alkyl halides is 3. The second-order valence-electron chi connectivity index (χ2n) is 4.88. The summed E-state index contributed by atoms with van der Waals surface area (Å²) in [6.07, 6.45) is -4.41. The van der Waals surface area contributed by atoms with Crippen LogP contribution in [0.5, 0.6) is 5.75 Å². The van der Waals surface area contributed by atoms with Crippen molar-refractivity contribution in [3.05, 3.63) is 64.3 Å². The molecule has 0 spiro atoms. The molecule has 0 amide bonds. The summed E-state index contributed by atoms with van der Waals surface area (Å²) in [4.78, 5) is 12.3. The van der Waals surface area contributed by atoms with E-state index in [9.17, 15) is 18.0 Å². The number of benzene rings is 2. The fraction of sp³-hybridized carbons (Fsp3) is 0.118. The fourth-order valence-electron chi connectivity index (χ4n) is 2.31. The highest BCUT2D eigenvalue weighted by Crippen LogP contribution is 2.32. The average molecular weight is 320 g/mol. The highest BCUT2D eigenvalue weighted by atomic mass is 19.4. The van der Waals surface area contributed by atoms with Crippen molar-refractivity contribution in [1.29, 1.82) is 0 Å². The molecule has 0 unspecified atom stereocenters. The Hall–Kier alpha value is -2.76. The van der Waals surface area contributed by atoms with Gasteiger partial charge in [0.05, 0.1) is 12.7 Å². The molecule has 0 aliphatic rings. The van der Waals surface area contributed by atoms with Crippen LogP contribution in [0.25, 0.3) is 22.3 Å². The van der Waals surface area contributed by atoms with Gasteiger partial charge in [-0.1, -0.05) is 18.2 Å². The zero-order valence-corrected chi connectivity index (χ0v) is 12.0. The highest BCUT2D eigenvalue weighted by molar-refractivity contribution is 5.84. The van der Waals surface area contributed by atoms with E-state index in [4.69, 9.17) is 9.15 Å². The van der Waals surface area contributed by atoms with Gasteiger partial charge < -0.3 is 9.15 Å². The van der Waals surface area contributed by atoms with Crippen LogP contribution < -0.4 is 10.2 Å². The Bertz CT molecular complexity index is 909. The first-order valence-electron chi connectivity index (χ1n) is 6.68. The number of halogens is 3. The molecule has 0 radical (unpaired) electrons. The summed E-state index contributed by atoms with van der Waals surface area (Å²) in [6.45, 7) is 0. The molecular weight excluding hydrogens is 309 g/mol. The monoisotopic (exact) mass is 320 g/mol. The smallest absolute Gasteiger partial charge is 0.416 e. The lowest BCUT2D eigenvalue weighted by molar-refractivity contribution is -0.137. The predicted molar refractivity (Wildman–Crippen MR) is 79.5 cm³/mol. The van der Waals surface area contributed by atoms with Crippen LogP contribution in [-0.4, -0.2) is 7.11 Å². The molecule has 0 saturated carbocycles. The minimum Gasteiger partial charge on any atom is -0.496 e. The zero-order chi connectivity index (χ0) is 16.6. The van der Waals surface area contributed by atoms with Gasteiger partial charge in [-0.15, -0.1) is 0 Å². The van der Waals surface area contributed by atoms with Gasteiger partial charge in [-0.3, -0.25) is 4.79 Å². The zero-order valence-electron chi connectivity index (χ0n) is 12.0. The summed E-state index contributed by atoms with van der Waals surface area (Å²) in [5, 5.41) is 0.297. The summed E-state index contributed by atoms with van der Waals surface area (Å²) in [5.74, 6) is 0.583. The van der Waals surface area contributed by atoms with E-state index in [0.29, 0.717) is 22.3 Å². The summed E-state index contributed by atoms with van der Waals surface area (Å²) in [6, 6.07) is 10.6. The Morgan fingerprint density at radius 3 is 2.35 bits per heavy atom. The largest absolute Gasteiger partial charge is 0.496 e. The van der Waals surface area contributed by atoms with Crippen molar-refractivity contribution in [3.63, 3.8) is 0 Å². The molecule has 0 bridgehead atoms. The Labute approximate surface area is 128 Å². The lowest BCUT2D eigenvalue weighted by Gasteiger charge is -2.08. The number of rotatable bonds is 2. The van der Waals surface area contributed by atoms with Crippen molar-refractivity contribution in [3.8, 4) is 17.1 Å². The molecule has 0 N–H and O–H groups in total. The Morgan fingerprint density at radius 2 is 1.74 bits per heavy atom. The van der Waals surface area contributed by atoms with Crippen LogP contribution in [0.15, 0.2) is 57.7 Å². The van der Waals surface area contributed by atoms with E-state index >= 15 is 0 Å². The van der Waals surface area contributed by atoms with Gasteiger partial charge in [0.1, 0.15) is 22.5 Å². The molecule has 23 heavy (non-hydrogen) atoms. The molecule has 3 aromatic rings. The topological polar surface area (TPSA) is 39.4 Å². The molecule has 0 atom stereocenters. The third kappa shape index (κ3) is 2.79. The van der Waals surface area contributed by atoms with E-state index in [1.165, 1.54) is 25.3 Å². The van der Waals surface area contributed by atoms with Gasteiger partial charge in [0, 0.05) is 11.6 Å². The third-order valence-electron chi connectivity index (χ3n) is 3.43. The number of methoxy groups -OCH3 is 1. The molecule has 1 aromatic heterocycles. The predicted octanol–water partition coefficient (Wildman–Crippen LogP) is 4.49. The number of hydrogen-bond donors (Lipinski definition) is 0. The van der Waals surface area contributed by atoms with Gasteiger partial charge in [0.25, 0.3) is 0 Å². The first kappa shape index (κ1) is 15.1. The van der Waals surface area contributed by atoms with Crippen LogP contribution in [0, 0.1) is 0 Å². The summed E-state index contributed by atoms with van der Waals surface area (Å²) < 4.78 is 48.5. The molecule has 2 aromatic carbocycles. The van der Waals surface area contributed by atoms with Crippen molar-refractivity contribution in [1.82, 2.24) is 0 Å². The molecule has 0 aliphatic heterocycles. The molecule has 1 heterocycles. The summed E-state index contributed by atoms with van der Waals surface area (Å²) in [5.41, 5.74) is -0.378. The van der Waals surface area contributed by atoms with E-state index < -0.39 is 11.7 Å². The minimum atomic E-state index is -4.41. The van der Waals surface area contributed by atoms with Crippen LogP contribution in [0.2, 0.25) is 0 Å². The average Bonchev–Trinajstić information content (AvgIpc) is 2.53. The molecule has 0 fully saturated rings. The van der Waals surface area contributed by atoms with Gasteiger partial charge in [0.15, 0.2) is 5.43 Å². The van der Waals surface area contributed by atoms with Crippen LogP contribution in [0.4, 0.5) is 13.2 Å². The molecule has 118 valence electrons. The summed E-state index contributed by atoms with van der Waals surface area (Å²) in [7, 11) is 1.44. The van der Waals surface area contributed by atoms with Crippen molar-refractivity contribution in [2.75, 3.05) is 7.11 Å². The minimum absolute atomic E-state index is 0.199. The fourth-order valence-corrected chi connectivity index (χ4v) is 2.31. The highest BCUT2D eigenvalue weighted by Gasteiger charge is 2.30. The second-order valence-corrected chi connectivity index (χ2v) is 4.88. The van der Waals surface area contributed by atoms with Crippen LogP contribution in [0.1, 0.15) is 5.56 Å². The number of ether oxygens (including phenoxy) is 1. The normalized spacial score (nSPS) is 11.7. The van der Waals surface area contributed by atoms with Crippen LogP contribution in [-0.2, 0) is 6.18 Å². The lowest BCUT2D eigenvalue weighted by Crippen LogP contribution is -2.05. The van der Waals surface area contributed by atoms with Gasteiger partial charge in [-0.05, 0) is 24.3 Å². The van der Waals surface area contributed by atoms with E-state index in [2.05, 4.69) is 0 Å². The molecule has 3 rings (SSSR count). The molecule has 3 nitrogen and oxygen atoms in total. The van der Waals surface area contributed by atoms with E-state index in [0.717, 1.165) is 12.1 Å². The van der Waals surface area contributed by atoms with Gasteiger partial charge in [-0.25, -0.2) is 0 Å². The third-order valence-corrected chi connectivity index (χ3v) is 3.43. The van der Waals surface area contributed by atoms with E-state index in [1.54, 1.807) is 18.2 Å². The Morgan fingerprint density at radius 1 is 1.04 bits per heavy atom. The van der Waals surface area contributed by atoms with Gasteiger partial charge in [-0.2, -0.15) is 13.2 Å². The van der Waals surface area contributed by atoms with Crippen molar-refractivity contribution in [2.24, 2.45) is 0 Å². The van der Waals surface area contributed by atoms with Crippen molar-refractivity contribution in [2.45, 2.75) is 6.18 Å². The molecule has 0 saturated heterocycles. The Balaban J connectivity index is 2.13. The first-order chi connectivity index (χ1) is 10.9. The standard InChI is InChI=1S/C17H11F3O3/c1-22-13-3-2-4-14-16(13)12(21)9-15(23-14)10-5-7-11(8-6-10)17(18,19)20/h2-9H,1H3. The second kappa shape index (κ2) is 5.46. The molecular formula is C17H11F3O3. The maximum atomic E-state index is 12.6. The van der Waals surface area contributed by atoms with Gasteiger partial charge >= 0.3 is 6.18 Å². The quantitative estimate of drug-likeness (QED) is 0.698. The molecule has 6 heteroatoms. The van der Waals surface area contributed by atoms with E-state index in [1.807, 2.05) is 0 Å². The van der Waals surface area contributed by atoms with Crippen molar-refractivity contribution < 1.29 is 22.3 Å². The Kier molecular flexibility index (Phi) is 3.60. The van der Waals surface area contributed by atoms with Crippen LogP contribution >= 0.6 is 0 Å². The molecule has 0 aliphatic carbocycles.